The molecule has 0 spiro atoms. The van der Waals surface area contributed by atoms with Crippen LogP contribution in [0.4, 0.5) is 24.7 Å². The monoisotopic (exact) mass is 670 g/mol. The molecule has 10 nitrogen and oxygen atoms in total. The van der Waals surface area contributed by atoms with E-state index in [1.54, 1.807) is 24.4 Å². The Morgan fingerprint density at radius 2 is 1.76 bits per heavy atom. The first-order chi connectivity index (χ1) is 19.5. The predicted molar refractivity (Wildman–Crippen MR) is 154 cm³/mol. The molecule has 4 N–H and O–H groups in total. The summed E-state index contributed by atoms with van der Waals surface area (Å²) >= 11 is 19.7. The van der Waals surface area contributed by atoms with Crippen LogP contribution < -0.4 is 15.4 Å². The number of alkyl halides is 3. The number of methoxy groups -OCH3 is 1. The van der Waals surface area contributed by atoms with E-state index in [9.17, 15) is 27.9 Å². The summed E-state index contributed by atoms with van der Waals surface area (Å²) in [7, 11) is 3.25. The molecule has 0 aliphatic heterocycles. The van der Waals surface area contributed by atoms with E-state index in [-0.39, 0.29) is 32.7 Å². The molecule has 0 saturated carbocycles. The molecule has 0 aliphatic rings. The van der Waals surface area contributed by atoms with E-state index in [4.69, 9.17) is 49.4 Å². The minimum Gasteiger partial charge on any atom is -0.494 e. The Bertz CT molecular complexity index is 1420. The number of aromatic nitrogens is 1. The van der Waals surface area contributed by atoms with E-state index < -0.39 is 30.1 Å². The fraction of sp³-hybridized carbons (Fsp3) is 0.280. The lowest BCUT2D eigenvalue weighted by Crippen LogP contribution is -2.26. The average molecular weight is 672 g/mol. The van der Waals surface area contributed by atoms with Gasteiger partial charge in [-0.1, -0.05) is 34.8 Å². The molecule has 1 unspecified atom stereocenters. The highest BCUT2D eigenvalue weighted by atomic mass is 35.5. The number of nitrogens with one attached hydrogen (secondary N) is 2. The van der Waals surface area contributed by atoms with Gasteiger partial charge in [0.1, 0.15) is 16.4 Å². The number of carbonyl (C=O) groups is 3. The zero-order chi connectivity index (χ0) is 31.8. The Hall–Kier alpha value is -3.14. The van der Waals surface area contributed by atoms with Crippen LogP contribution in [-0.4, -0.2) is 70.9 Å². The number of hydrogen-bond acceptors (Lipinski definition) is 8. The van der Waals surface area contributed by atoms with Crippen molar-refractivity contribution in [2.24, 2.45) is 0 Å². The first kappa shape index (κ1) is 35.1. The summed E-state index contributed by atoms with van der Waals surface area (Å²) in [6, 6.07) is 6.03. The number of carbonyl (C=O) groups excluding carboxylic acids is 2. The van der Waals surface area contributed by atoms with Crippen molar-refractivity contribution in [3.63, 3.8) is 0 Å². The van der Waals surface area contributed by atoms with Gasteiger partial charge in [0.2, 0.25) is 0 Å². The van der Waals surface area contributed by atoms with Crippen LogP contribution in [0.15, 0.2) is 35.8 Å². The Labute approximate surface area is 257 Å². The number of halogens is 6. The Morgan fingerprint density at radius 1 is 1.12 bits per heavy atom. The van der Waals surface area contributed by atoms with Crippen LogP contribution in [0.1, 0.15) is 32.5 Å². The van der Waals surface area contributed by atoms with Gasteiger partial charge in [-0.05, 0) is 43.1 Å². The van der Waals surface area contributed by atoms with Gasteiger partial charge in [0, 0.05) is 30.4 Å². The number of nitrogens with zero attached hydrogens (tertiary/aromatic N) is 2. The molecule has 2 heterocycles. The van der Waals surface area contributed by atoms with Gasteiger partial charge >= 0.3 is 12.1 Å². The van der Waals surface area contributed by atoms with Gasteiger partial charge in [-0.2, -0.15) is 13.2 Å². The average Bonchev–Trinajstić information content (AvgIpc) is 3.24. The molecule has 1 aromatic carbocycles. The molecule has 0 aliphatic carbocycles. The first-order valence-electron chi connectivity index (χ1n) is 11.6. The molecule has 3 rings (SSSR count). The smallest absolute Gasteiger partial charge is 0.490 e. The van der Waals surface area contributed by atoms with Gasteiger partial charge in [0.15, 0.2) is 0 Å². The molecular weight excluding hydrogens is 648 g/mol. The summed E-state index contributed by atoms with van der Waals surface area (Å²) < 4.78 is 37.1. The minimum atomic E-state index is -5.08. The molecule has 3 aromatic rings. The van der Waals surface area contributed by atoms with Crippen LogP contribution in [0.25, 0.3) is 0 Å². The number of aliphatic hydroxyl groups excluding tert-OH is 1. The van der Waals surface area contributed by atoms with Crippen molar-refractivity contribution in [1.82, 2.24) is 9.88 Å². The Balaban J connectivity index is 0.000000782. The molecular formula is C25H24Cl3F3N4O6S. The summed E-state index contributed by atoms with van der Waals surface area (Å²) in [5, 5.41) is 24.8. The highest BCUT2D eigenvalue weighted by molar-refractivity contribution is 7.13. The second-order valence-corrected chi connectivity index (χ2v) is 10.7. The molecule has 42 heavy (non-hydrogen) atoms. The van der Waals surface area contributed by atoms with E-state index in [2.05, 4.69) is 15.6 Å². The standard InChI is InChI=1S/C23H23Cl3N4O4S.C2HF3O2/c1-12(31)9-30(2)10-13-11-35-21(19(13)26)23(33)29-20-16(6-15(25)7-17(20)34-3)22(32)28-18-5-4-14(24)8-27-18;3-2(4,5)1(6)7/h4-8,11-12,31H,9-10H2,1-3H3,(H,29,33)(H,27,28,32);(H,6,7). The van der Waals surface area contributed by atoms with Crippen LogP contribution in [0.3, 0.4) is 0 Å². The fourth-order valence-corrected chi connectivity index (χ4v) is 4.86. The number of amides is 2. The van der Waals surface area contributed by atoms with Crippen molar-refractivity contribution >= 4 is 75.4 Å². The normalized spacial score (nSPS) is 11.8. The number of likely N-dealkylation sites (N-methyl/N-ethyl adjacent to an activating group) is 1. The molecule has 2 amide bonds. The Kier molecular flexibility index (Phi) is 12.8. The van der Waals surface area contributed by atoms with Crippen molar-refractivity contribution in [1.29, 1.82) is 0 Å². The number of carboxylic acid groups (broad SMARTS) is 1. The number of pyridine rings is 1. The Morgan fingerprint density at radius 3 is 2.29 bits per heavy atom. The summed E-state index contributed by atoms with van der Waals surface area (Å²) in [6.07, 6.45) is -4.18. The second-order valence-electron chi connectivity index (χ2n) is 8.55. The van der Waals surface area contributed by atoms with Crippen LogP contribution in [0.2, 0.25) is 15.1 Å². The van der Waals surface area contributed by atoms with Crippen LogP contribution >= 0.6 is 46.1 Å². The van der Waals surface area contributed by atoms with Gasteiger partial charge in [-0.3, -0.25) is 14.5 Å². The maximum atomic E-state index is 13.1. The topological polar surface area (TPSA) is 141 Å². The van der Waals surface area contributed by atoms with Crippen molar-refractivity contribution in [3.8, 4) is 5.75 Å². The van der Waals surface area contributed by atoms with E-state index in [0.29, 0.717) is 23.1 Å². The lowest BCUT2D eigenvalue weighted by Gasteiger charge is -2.18. The number of carboxylic acids is 1. The number of hydrogen-bond donors (Lipinski definition) is 4. The van der Waals surface area contributed by atoms with Gasteiger partial charge in [0.25, 0.3) is 11.8 Å². The quantitative estimate of drug-likeness (QED) is 0.215. The van der Waals surface area contributed by atoms with Gasteiger partial charge in [-0.15, -0.1) is 11.3 Å². The number of thiophene rings is 1. The van der Waals surface area contributed by atoms with E-state index in [1.165, 1.54) is 36.8 Å². The molecule has 0 bridgehead atoms. The third-order valence-corrected chi connectivity index (χ3v) is 7.02. The molecule has 0 radical (unpaired) electrons. The number of benzene rings is 1. The number of rotatable bonds is 9. The van der Waals surface area contributed by atoms with Crippen LogP contribution in [0.5, 0.6) is 5.75 Å². The highest BCUT2D eigenvalue weighted by Gasteiger charge is 2.38. The van der Waals surface area contributed by atoms with E-state index in [0.717, 1.165) is 5.56 Å². The lowest BCUT2D eigenvalue weighted by atomic mass is 10.1. The SMILES string of the molecule is COc1cc(Cl)cc(C(=O)Nc2ccc(Cl)cn2)c1NC(=O)c1scc(CN(C)CC(C)O)c1Cl.O=C(O)C(F)(F)F. The molecule has 17 heteroatoms. The number of ether oxygens (including phenoxy) is 1. The van der Waals surface area contributed by atoms with E-state index >= 15 is 0 Å². The van der Waals surface area contributed by atoms with E-state index in [1.807, 2.05) is 11.9 Å². The largest absolute Gasteiger partial charge is 0.494 e. The molecule has 0 fully saturated rings. The maximum absolute atomic E-state index is 13.1. The minimum absolute atomic E-state index is 0.0732. The number of aliphatic hydroxyl groups is 1. The predicted octanol–water partition coefficient (Wildman–Crippen LogP) is 6.06. The zero-order valence-corrected chi connectivity index (χ0v) is 25.1. The van der Waals surface area contributed by atoms with Gasteiger partial charge in [0.05, 0.1) is 34.5 Å². The number of anilines is 2. The van der Waals surface area contributed by atoms with Crippen molar-refractivity contribution in [2.75, 3.05) is 31.3 Å². The highest BCUT2D eigenvalue weighted by Crippen LogP contribution is 2.35. The van der Waals surface area contributed by atoms with Crippen molar-refractivity contribution in [3.05, 3.63) is 66.9 Å². The third-order valence-electron chi connectivity index (χ3n) is 5.00. The van der Waals surface area contributed by atoms with Crippen LogP contribution in [0, 0.1) is 0 Å². The summed E-state index contributed by atoms with van der Waals surface area (Å²) in [5.41, 5.74) is 0.953. The third kappa shape index (κ3) is 10.3. The maximum Gasteiger partial charge on any atom is 0.490 e. The second kappa shape index (κ2) is 15.4. The molecule has 228 valence electrons. The van der Waals surface area contributed by atoms with Crippen molar-refractivity contribution < 1.29 is 42.5 Å². The molecule has 1 atom stereocenters. The van der Waals surface area contributed by atoms with Gasteiger partial charge < -0.3 is 25.6 Å². The van der Waals surface area contributed by atoms with Crippen molar-refractivity contribution in [2.45, 2.75) is 25.7 Å². The molecule has 2 aromatic heterocycles. The first-order valence-corrected chi connectivity index (χ1v) is 13.6. The van der Waals surface area contributed by atoms with Crippen LogP contribution in [-0.2, 0) is 11.3 Å². The fourth-order valence-electron chi connectivity index (χ4n) is 3.30. The van der Waals surface area contributed by atoms with Gasteiger partial charge in [-0.25, -0.2) is 9.78 Å². The molecule has 0 saturated heterocycles. The zero-order valence-electron chi connectivity index (χ0n) is 22.1. The lowest BCUT2D eigenvalue weighted by molar-refractivity contribution is -0.192. The summed E-state index contributed by atoms with van der Waals surface area (Å²) in [4.78, 5) is 41.3. The summed E-state index contributed by atoms with van der Waals surface area (Å²) in [5.74, 6) is -3.36. The summed E-state index contributed by atoms with van der Waals surface area (Å²) in [6.45, 7) is 2.61. The number of aliphatic carboxylic acids is 1.